The number of halogens is 3. The fraction of sp³-hybridized carbons (Fsp3) is 0.200. The zero-order valence-corrected chi connectivity index (χ0v) is 20.9. The lowest BCUT2D eigenvalue weighted by atomic mass is 9.93. The number of rotatable bonds is 7. The van der Waals surface area contributed by atoms with Crippen molar-refractivity contribution in [1.82, 2.24) is 3.93 Å². The molecule has 1 heterocycles. The first kappa shape index (κ1) is 24.4. The minimum atomic E-state index is -0.917. The van der Waals surface area contributed by atoms with Gasteiger partial charge in [0, 0.05) is 17.2 Å². The van der Waals surface area contributed by atoms with Gasteiger partial charge in [-0.15, -0.1) is 11.6 Å². The highest BCUT2D eigenvalue weighted by Crippen LogP contribution is 2.41. The van der Waals surface area contributed by atoms with Gasteiger partial charge < -0.3 is 14.6 Å². The fourth-order valence-electron chi connectivity index (χ4n) is 3.65. The highest BCUT2D eigenvalue weighted by atomic mass is 79.9. The first-order valence-electron chi connectivity index (χ1n) is 10.5. The van der Waals surface area contributed by atoms with Gasteiger partial charge in [0.15, 0.2) is 0 Å². The Balaban J connectivity index is 1.44. The Morgan fingerprint density at radius 2 is 1.85 bits per heavy atom. The zero-order chi connectivity index (χ0) is 24.2. The van der Waals surface area contributed by atoms with Gasteiger partial charge in [0.1, 0.15) is 17.2 Å². The van der Waals surface area contributed by atoms with E-state index in [4.69, 9.17) is 32.7 Å². The molecule has 3 aromatic carbocycles. The van der Waals surface area contributed by atoms with E-state index in [9.17, 15) is 14.7 Å². The van der Waals surface area contributed by atoms with Crippen LogP contribution in [0.15, 0.2) is 66.7 Å². The van der Waals surface area contributed by atoms with Crippen molar-refractivity contribution >= 4 is 51.2 Å². The number of amides is 1. The van der Waals surface area contributed by atoms with E-state index in [0.717, 1.165) is 5.56 Å². The number of carbonyl (C=O) groups is 2. The molecule has 2 unspecified atom stereocenters. The molecule has 34 heavy (non-hydrogen) atoms. The number of aliphatic carboxylic acids is 1. The molecule has 9 heteroatoms. The van der Waals surface area contributed by atoms with Gasteiger partial charge in [0.25, 0.3) is 5.91 Å². The predicted octanol–water partition coefficient (Wildman–Crippen LogP) is 6.82. The van der Waals surface area contributed by atoms with Gasteiger partial charge in [0.2, 0.25) is 0 Å². The van der Waals surface area contributed by atoms with Gasteiger partial charge in [0.05, 0.1) is 45.6 Å². The summed E-state index contributed by atoms with van der Waals surface area (Å²) < 4.78 is 12.9. The van der Waals surface area contributed by atoms with Crippen LogP contribution in [0.25, 0.3) is 0 Å². The van der Waals surface area contributed by atoms with Crippen LogP contribution in [0.5, 0.6) is 17.2 Å². The molecule has 0 aromatic heterocycles. The van der Waals surface area contributed by atoms with Gasteiger partial charge in [-0.25, -0.2) is 0 Å². The summed E-state index contributed by atoms with van der Waals surface area (Å²) in [7, 11) is 0. The van der Waals surface area contributed by atoms with E-state index in [1.807, 2.05) is 30.3 Å². The number of alkyl halides is 1. The van der Waals surface area contributed by atoms with Gasteiger partial charge in [-0.3, -0.25) is 13.5 Å². The number of nitrogens with zero attached hydrogens (tertiary/aromatic N) is 1. The lowest BCUT2D eigenvalue weighted by molar-refractivity contribution is -0.139. The van der Waals surface area contributed by atoms with Crippen LogP contribution in [0.1, 0.15) is 39.2 Å². The minimum Gasteiger partial charge on any atom is -0.493 e. The summed E-state index contributed by atoms with van der Waals surface area (Å²) in [6.07, 6.45) is 0.384. The second kappa shape index (κ2) is 10.7. The fourth-order valence-corrected chi connectivity index (χ4v) is 4.80. The van der Waals surface area contributed by atoms with Crippen molar-refractivity contribution in [3.63, 3.8) is 0 Å². The Hall–Kier alpha value is -2.74. The largest absolute Gasteiger partial charge is 0.493 e. The predicted molar refractivity (Wildman–Crippen MR) is 133 cm³/mol. The van der Waals surface area contributed by atoms with Crippen LogP contribution in [0, 0.1) is 0 Å². The third kappa shape index (κ3) is 5.49. The van der Waals surface area contributed by atoms with Crippen LogP contribution in [0.2, 0.25) is 5.02 Å². The smallest absolute Gasteiger partial charge is 0.311 e. The summed E-state index contributed by atoms with van der Waals surface area (Å²) in [5.41, 5.74) is 1.90. The van der Waals surface area contributed by atoms with Crippen molar-refractivity contribution in [2.24, 2.45) is 0 Å². The molecular weight excluding hydrogens is 545 g/mol. The lowest BCUT2D eigenvalue weighted by Gasteiger charge is -2.24. The van der Waals surface area contributed by atoms with Gasteiger partial charge >= 0.3 is 5.97 Å². The Morgan fingerprint density at radius 3 is 2.53 bits per heavy atom. The normalized spacial score (nSPS) is 15.6. The van der Waals surface area contributed by atoms with Gasteiger partial charge in [-0.1, -0.05) is 41.9 Å². The topological polar surface area (TPSA) is 76.1 Å². The molecule has 0 aliphatic carbocycles. The number of benzene rings is 3. The third-order valence-corrected chi connectivity index (χ3v) is 6.73. The Labute approximate surface area is 215 Å². The summed E-state index contributed by atoms with van der Waals surface area (Å²) in [6.45, 7) is 0.586. The molecule has 1 amide bonds. The molecule has 0 spiro atoms. The molecule has 1 aliphatic heterocycles. The summed E-state index contributed by atoms with van der Waals surface area (Å²) >= 11 is 16.1. The Morgan fingerprint density at radius 1 is 1.15 bits per heavy atom. The molecule has 2 atom stereocenters. The number of hydrogen-bond donors (Lipinski definition) is 1. The molecule has 0 saturated heterocycles. The van der Waals surface area contributed by atoms with E-state index in [1.165, 1.54) is 3.93 Å². The summed E-state index contributed by atoms with van der Waals surface area (Å²) in [4.78, 5) is 24.3. The molecule has 0 saturated carbocycles. The third-order valence-electron chi connectivity index (χ3n) is 5.43. The average Bonchev–Trinajstić information content (AvgIpc) is 2.84. The van der Waals surface area contributed by atoms with Crippen LogP contribution in [0.3, 0.4) is 0 Å². The maximum atomic E-state index is 12.8. The van der Waals surface area contributed by atoms with Crippen LogP contribution in [0.4, 0.5) is 0 Å². The van der Waals surface area contributed by atoms with Crippen molar-refractivity contribution in [3.05, 3.63) is 88.4 Å². The number of hydrogen-bond acceptors (Lipinski definition) is 4. The maximum Gasteiger partial charge on any atom is 0.311 e. The van der Waals surface area contributed by atoms with E-state index in [-0.39, 0.29) is 22.9 Å². The lowest BCUT2D eigenvalue weighted by Crippen LogP contribution is -2.24. The first-order valence-corrected chi connectivity index (χ1v) is 12.0. The van der Waals surface area contributed by atoms with E-state index in [2.05, 4.69) is 16.1 Å². The second-order valence-corrected chi connectivity index (χ2v) is 9.49. The van der Waals surface area contributed by atoms with E-state index >= 15 is 0 Å². The molecule has 1 N–H and O–H groups in total. The van der Waals surface area contributed by atoms with Crippen LogP contribution < -0.4 is 9.47 Å². The minimum absolute atomic E-state index is 0.243. The standard InChI is InChI=1S/C25H20BrCl2NO5/c26-29(14-21(28)15-4-2-1-3-5-15)24(30)16-6-8-17(9-7-16)34-23-13-22-19(12-20(23)27)18(25(31)32)10-11-33-22/h1-9,12-13,18,21H,10-11,14H2,(H,31,32). The van der Waals surface area contributed by atoms with Crippen molar-refractivity contribution in [2.75, 3.05) is 13.2 Å². The number of carboxylic acids is 1. The molecule has 4 rings (SSSR count). The monoisotopic (exact) mass is 563 g/mol. The van der Waals surface area contributed by atoms with Crippen LogP contribution in [-0.4, -0.2) is 34.1 Å². The maximum absolute atomic E-state index is 12.8. The molecule has 0 fully saturated rings. The zero-order valence-electron chi connectivity index (χ0n) is 17.8. The van der Waals surface area contributed by atoms with Crippen LogP contribution >= 0.6 is 39.3 Å². The SMILES string of the molecule is O=C(O)C1CCOc2cc(Oc3ccc(C(=O)N(Br)CC(Cl)c4ccccc4)cc3)c(Cl)cc21. The van der Waals surface area contributed by atoms with Gasteiger partial charge in [-0.2, -0.15) is 0 Å². The number of fused-ring (bicyclic) bond motifs is 1. The quantitative estimate of drug-likeness (QED) is 0.252. The highest BCUT2D eigenvalue weighted by molar-refractivity contribution is 9.07. The molecule has 1 aliphatic rings. The molecule has 6 nitrogen and oxygen atoms in total. The number of ether oxygens (including phenoxy) is 2. The van der Waals surface area contributed by atoms with E-state index in [1.54, 1.807) is 36.4 Å². The van der Waals surface area contributed by atoms with Gasteiger partial charge in [-0.05, 0) is 42.3 Å². The first-order chi connectivity index (χ1) is 16.3. The van der Waals surface area contributed by atoms with Crippen molar-refractivity contribution in [2.45, 2.75) is 17.7 Å². The van der Waals surface area contributed by atoms with E-state index < -0.39 is 11.9 Å². The Kier molecular flexibility index (Phi) is 7.66. The van der Waals surface area contributed by atoms with Crippen molar-refractivity contribution in [1.29, 1.82) is 0 Å². The molecule has 176 valence electrons. The van der Waals surface area contributed by atoms with Crippen molar-refractivity contribution < 1.29 is 24.2 Å². The number of carboxylic acid groups (broad SMARTS) is 1. The van der Waals surface area contributed by atoms with Crippen molar-refractivity contribution in [3.8, 4) is 17.2 Å². The molecular formula is C25H20BrCl2NO5. The number of carbonyl (C=O) groups excluding carboxylic acids is 1. The molecule has 0 radical (unpaired) electrons. The highest BCUT2D eigenvalue weighted by Gasteiger charge is 2.29. The summed E-state index contributed by atoms with van der Waals surface area (Å²) in [6, 6.07) is 19.3. The Bertz CT molecular complexity index is 1190. The average molecular weight is 565 g/mol. The second-order valence-electron chi connectivity index (χ2n) is 7.70. The summed E-state index contributed by atoms with van der Waals surface area (Å²) in [5.74, 6) is -0.589. The van der Waals surface area contributed by atoms with E-state index in [0.29, 0.717) is 41.4 Å². The van der Waals surface area contributed by atoms with Crippen LogP contribution in [-0.2, 0) is 4.79 Å². The molecule has 3 aromatic rings. The molecule has 0 bridgehead atoms. The summed E-state index contributed by atoms with van der Waals surface area (Å²) in [5, 5.41) is 9.34.